The lowest BCUT2D eigenvalue weighted by Crippen LogP contribution is -2.65. The molecule has 41 heavy (non-hydrogen) atoms. The smallest absolute Gasteiger partial charge is 0.415 e. The fourth-order valence-corrected chi connectivity index (χ4v) is 8.33. The molecule has 1 aromatic carbocycles. The molecule has 0 bridgehead atoms. The molecule has 0 unspecified atom stereocenters. The van der Waals surface area contributed by atoms with Gasteiger partial charge >= 0.3 is 6.09 Å². The Bertz CT molecular complexity index is 1340. The van der Waals surface area contributed by atoms with Crippen molar-refractivity contribution in [3.8, 4) is 25.4 Å². The molecule has 0 radical (unpaired) electrons. The number of aliphatic hydroxyl groups excluding tert-OH is 2. The van der Waals surface area contributed by atoms with Crippen LogP contribution in [0.3, 0.4) is 0 Å². The minimum atomic E-state index is -2.20. The molecule has 7 nitrogen and oxygen atoms in total. The van der Waals surface area contributed by atoms with Crippen LogP contribution in [0.5, 0.6) is 5.75 Å². The van der Waals surface area contributed by atoms with Gasteiger partial charge in [-0.2, -0.15) is 0 Å². The van der Waals surface area contributed by atoms with E-state index in [2.05, 4.69) is 73.2 Å². The second-order valence-corrected chi connectivity index (χ2v) is 25.5. The molecule has 1 saturated heterocycles. The largest absolute Gasteiger partial charge is 0.543 e. The zero-order valence-corrected chi connectivity index (χ0v) is 31.6. The summed E-state index contributed by atoms with van der Waals surface area (Å²) in [6, 6.07) is 5.78. The number of hydrogen-bond acceptors (Lipinski definition) is 6. The van der Waals surface area contributed by atoms with E-state index in [4.69, 9.17) is 13.9 Å². The zero-order valence-electron chi connectivity index (χ0n) is 25.3. The van der Waals surface area contributed by atoms with Crippen LogP contribution < -0.4 is 9.33 Å². The van der Waals surface area contributed by atoms with Crippen molar-refractivity contribution >= 4 is 73.4 Å². The Balaban J connectivity index is 1.93. The highest BCUT2D eigenvalue weighted by Gasteiger charge is 2.87. The van der Waals surface area contributed by atoms with Crippen LogP contribution in [0, 0.1) is 31.5 Å². The second-order valence-electron chi connectivity index (χ2n) is 14.1. The van der Waals surface area contributed by atoms with Crippen LogP contribution in [0.4, 0.5) is 10.5 Å². The molecule has 1 aliphatic carbocycles. The molecule has 0 spiro atoms. The number of aliphatic hydroxyl groups is 2. The average Bonchev–Trinajstić information content (AvgIpc) is 3.57. The zero-order chi connectivity index (χ0) is 30.8. The Morgan fingerprint density at radius 3 is 2.29 bits per heavy atom. The van der Waals surface area contributed by atoms with E-state index in [1.54, 1.807) is 4.90 Å². The van der Waals surface area contributed by atoms with Crippen LogP contribution in [0.15, 0.2) is 18.2 Å². The number of nitrogens with zero attached hydrogens (tertiary/aromatic N) is 1. The van der Waals surface area contributed by atoms with Crippen molar-refractivity contribution in [3.63, 3.8) is 0 Å². The number of ether oxygens (including phenoxy) is 2. The lowest BCUT2D eigenvalue weighted by Gasteiger charge is -2.49. The van der Waals surface area contributed by atoms with Gasteiger partial charge in [0.15, 0.2) is 0 Å². The van der Waals surface area contributed by atoms with Gasteiger partial charge in [0.1, 0.15) is 23.0 Å². The first-order valence-corrected chi connectivity index (χ1v) is 22.7. The van der Waals surface area contributed by atoms with Gasteiger partial charge in [-0.1, -0.05) is 59.2 Å². The summed E-state index contributed by atoms with van der Waals surface area (Å²) in [5.74, 6) is 5.74. The molecule has 1 amide bonds. The van der Waals surface area contributed by atoms with E-state index in [-0.39, 0.29) is 5.04 Å². The van der Waals surface area contributed by atoms with E-state index < -0.39 is 63.8 Å². The van der Waals surface area contributed by atoms with Crippen LogP contribution in [0.25, 0.3) is 0 Å². The third-order valence-electron chi connectivity index (χ3n) is 9.33. The highest BCUT2D eigenvalue weighted by atomic mass is 127. The van der Waals surface area contributed by atoms with Crippen molar-refractivity contribution in [1.82, 2.24) is 0 Å². The van der Waals surface area contributed by atoms with Gasteiger partial charge in [-0.3, -0.25) is 4.90 Å². The number of fused-ring (bicyclic) bond motifs is 1. The lowest BCUT2D eigenvalue weighted by atomic mass is 9.58. The Morgan fingerprint density at radius 1 is 1.10 bits per heavy atom. The Morgan fingerprint density at radius 2 is 1.73 bits per heavy atom. The van der Waals surface area contributed by atoms with Crippen LogP contribution in [0.1, 0.15) is 33.3 Å². The van der Waals surface area contributed by atoms with Crippen molar-refractivity contribution in [2.45, 2.75) is 101 Å². The number of halogens is 2. The SMILES string of the molecule is C[C@H]1[C@H](O)[C@H](O)[C@@H](C#CI)[C@]23O[C@]12[C@H](C#CI)N(C(=O)OCC[Si](C)(C)C)c1ccc(O[Si](C)(C)C(C)(C)C)cc13. The topological polar surface area (TPSA) is 91.8 Å². The van der Waals surface area contributed by atoms with Gasteiger partial charge in [0.25, 0.3) is 0 Å². The monoisotopic (exact) mass is 821 g/mol. The number of carbonyl (C=O) groups excluding carboxylic acids is 1. The van der Waals surface area contributed by atoms with Crippen molar-refractivity contribution in [3.05, 3.63) is 23.8 Å². The Kier molecular flexibility index (Phi) is 9.10. The van der Waals surface area contributed by atoms with E-state index in [0.29, 0.717) is 23.6 Å². The molecule has 4 rings (SSSR count). The number of epoxide rings is 1. The van der Waals surface area contributed by atoms with Crippen LogP contribution in [-0.4, -0.2) is 63.2 Å². The van der Waals surface area contributed by atoms with Crippen molar-refractivity contribution in [2.75, 3.05) is 11.5 Å². The predicted octanol–water partition coefficient (Wildman–Crippen LogP) is 6.48. The van der Waals surface area contributed by atoms with Gasteiger partial charge in [-0.25, -0.2) is 4.79 Å². The summed E-state index contributed by atoms with van der Waals surface area (Å²) in [4.78, 5) is 15.5. The van der Waals surface area contributed by atoms with Gasteiger partial charge in [0.05, 0.1) is 30.4 Å². The third kappa shape index (κ3) is 5.40. The van der Waals surface area contributed by atoms with E-state index in [1.807, 2.05) is 70.3 Å². The summed E-state index contributed by atoms with van der Waals surface area (Å²) in [6.45, 7) is 19.8. The van der Waals surface area contributed by atoms with E-state index in [0.717, 1.165) is 6.04 Å². The van der Waals surface area contributed by atoms with Crippen LogP contribution in [0.2, 0.25) is 43.8 Å². The maximum Gasteiger partial charge on any atom is 0.415 e. The number of benzene rings is 1. The number of rotatable bonds is 5. The minimum Gasteiger partial charge on any atom is -0.543 e. The van der Waals surface area contributed by atoms with Gasteiger partial charge in [0.2, 0.25) is 8.32 Å². The molecule has 1 saturated carbocycles. The number of anilines is 1. The van der Waals surface area contributed by atoms with Crippen molar-refractivity contribution in [1.29, 1.82) is 0 Å². The van der Waals surface area contributed by atoms with Crippen LogP contribution in [-0.2, 0) is 15.1 Å². The number of hydrogen-bond donors (Lipinski definition) is 2. The third-order valence-corrected chi connectivity index (χ3v) is 16.0. The van der Waals surface area contributed by atoms with E-state index in [9.17, 15) is 15.0 Å². The number of carbonyl (C=O) groups is 1. The van der Waals surface area contributed by atoms with Gasteiger partial charge < -0.3 is 24.1 Å². The molecule has 2 N–H and O–H groups in total. The summed E-state index contributed by atoms with van der Waals surface area (Å²) >= 11 is 3.92. The quantitative estimate of drug-likeness (QED) is 0.153. The summed E-state index contributed by atoms with van der Waals surface area (Å²) in [5.41, 5.74) is -0.899. The second kappa shape index (κ2) is 11.3. The maximum absolute atomic E-state index is 13.9. The summed E-state index contributed by atoms with van der Waals surface area (Å²) in [6.07, 6.45) is -2.77. The molecule has 2 fully saturated rings. The Labute approximate surface area is 273 Å². The van der Waals surface area contributed by atoms with Crippen molar-refractivity contribution < 1.29 is 28.9 Å². The molecule has 7 atom stereocenters. The fourth-order valence-electron chi connectivity index (χ4n) is 5.96. The molecule has 0 aromatic heterocycles. The van der Waals surface area contributed by atoms with Crippen LogP contribution >= 0.6 is 45.2 Å². The first-order valence-electron chi connectivity index (χ1n) is 14.0. The maximum atomic E-state index is 13.9. The highest BCUT2D eigenvalue weighted by Crippen LogP contribution is 2.73. The Hall–Kier alpha value is -0.816. The predicted molar refractivity (Wildman–Crippen MR) is 184 cm³/mol. The first-order chi connectivity index (χ1) is 18.9. The fraction of sp³-hybridized carbons (Fsp3) is 0.633. The average molecular weight is 822 g/mol. The summed E-state index contributed by atoms with van der Waals surface area (Å²) < 4.78 is 25.2. The van der Waals surface area contributed by atoms with Gasteiger partial charge in [-0.15, -0.1) is 0 Å². The van der Waals surface area contributed by atoms with Gasteiger partial charge in [-0.05, 0) is 50.2 Å². The molecular weight excluding hydrogens is 780 g/mol. The molecule has 11 heteroatoms. The molecule has 224 valence electrons. The van der Waals surface area contributed by atoms with E-state index in [1.165, 1.54) is 0 Å². The molecule has 1 aromatic rings. The first kappa shape index (κ1) is 33.1. The standard InChI is InChI=1S/C30H41I2NO6Si2/c1-19-25(34)26(35)21(12-14-31)30-22-18-20(38-41(8,9)28(2,3)4)10-11-23(22)33(24(13-15-32)29(19,30)39-30)27(36)37-16-17-40(5,6)7/h10-11,18-19,21,24-26,34-35H,16-17H2,1-9H3/t19-,21+,24-,25-,26+,29-,30+/m0/s1. The van der Waals surface area contributed by atoms with E-state index >= 15 is 0 Å². The lowest BCUT2D eigenvalue weighted by molar-refractivity contribution is -0.0768. The highest BCUT2D eigenvalue weighted by molar-refractivity contribution is 14.1. The minimum absolute atomic E-state index is 0.0247. The van der Waals surface area contributed by atoms with Crippen molar-refractivity contribution in [2.24, 2.45) is 11.8 Å². The van der Waals surface area contributed by atoms with Gasteiger partial charge in [0, 0.05) is 64.7 Å². The molecule has 3 aliphatic rings. The number of amides is 1. The molecule has 2 heterocycles. The normalized spacial score (nSPS) is 32.2. The molecule has 2 aliphatic heterocycles. The summed E-state index contributed by atoms with van der Waals surface area (Å²) in [7, 11) is -3.65. The summed E-state index contributed by atoms with van der Waals surface area (Å²) in [5, 5.41) is 22.6. The molecular formula is C30H41I2NO6Si2.